The average Bonchev–Trinajstić information content (AvgIpc) is 3.61. The lowest BCUT2D eigenvalue weighted by Gasteiger charge is -2.55. The molecule has 3 aromatic rings. The highest BCUT2D eigenvalue weighted by Crippen LogP contribution is 2.58. The van der Waals surface area contributed by atoms with E-state index in [9.17, 15) is 9.59 Å². The smallest absolute Gasteiger partial charge is 0.410 e. The number of carbonyl (C=O) groups excluding carboxylic acids is 2. The van der Waals surface area contributed by atoms with Crippen LogP contribution in [0.4, 0.5) is 10.6 Å². The molecule has 10 heteroatoms. The number of ether oxygens (including phenoxy) is 2. The van der Waals surface area contributed by atoms with Crippen molar-refractivity contribution in [2.75, 3.05) is 31.6 Å². The number of carbonyl (C=O) groups is 2. The number of fused-ring (bicyclic) bond motifs is 3. The molecule has 4 saturated carbocycles. The second-order valence-electron chi connectivity index (χ2n) is 15.8. The Morgan fingerprint density at radius 3 is 2.35 bits per heavy atom. The molecular formula is C39H51N5O5. The van der Waals surface area contributed by atoms with Crippen molar-refractivity contribution in [3.05, 3.63) is 53.5 Å². The normalized spacial score (nSPS) is 26.8. The van der Waals surface area contributed by atoms with Crippen LogP contribution in [0, 0.1) is 24.2 Å². The van der Waals surface area contributed by atoms with E-state index in [-0.39, 0.29) is 40.8 Å². The Morgan fingerprint density at radius 2 is 1.73 bits per heavy atom. The third-order valence-electron chi connectivity index (χ3n) is 12.0. The van der Waals surface area contributed by atoms with Gasteiger partial charge in [0.25, 0.3) is 5.89 Å². The number of rotatable bonds is 9. The summed E-state index contributed by atoms with van der Waals surface area (Å²) >= 11 is 0. The van der Waals surface area contributed by atoms with Crippen molar-refractivity contribution < 1.29 is 23.6 Å². The Hall–Kier alpha value is -3.95. The Morgan fingerprint density at radius 1 is 1.02 bits per heavy atom. The number of hydrogen-bond donors (Lipinski definition) is 0. The van der Waals surface area contributed by atoms with E-state index in [0.29, 0.717) is 55.7 Å². The van der Waals surface area contributed by atoms with E-state index < -0.39 is 0 Å². The van der Waals surface area contributed by atoms with Crippen LogP contribution in [0.15, 0.2) is 41.1 Å². The number of aromatic nitrogens is 3. The van der Waals surface area contributed by atoms with E-state index in [2.05, 4.69) is 42.2 Å². The zero-order valence-electron chi connectivity index (χ0n) is 29.7. The molecule has 0 atom stereocenters. The topological polar surface area (TPSA) is 111 Å². The monoisotopic (exact) mass is 669 g/mol. The van der Waals surface area contributed by atoms with Crippen LogP contribution >= 0.6 is 0 Å². The average molecular weight is 670 g/mol. The van der Waals surface area contributed by atoms with Gasteiger partial charge in [0.1, 0.15) is 17.7 Å². The molecule has 1 aromatic carbocycles. The van der Waals surface area contributed by atoms with Gasteiger partial charge >= 0.3 is 6.09 Å². The third kappa shape index (κ3) is 6.67. The van der Waals surface area contributed by atoms with E-state index in [1.165, 1.54) is 11.1 Å². The zero-order valence-corrected chi connectivity index (χ0v) is 29.7. The van der Waals surface area contributed by atoms with Gasteiger partial charge < -0.3 is 18.9 Å². The quantitative estimate of drug-likeness (QED) is 0.227. The summed E-state index contributed by atoms with van der Waals surface area (Å²) in [7, 11) is 1.73. The Balaban J connectivity index is 1.10. The molecule has 2 aromatic heterocycles. The van der Waals surface area contributed by atoms with E-state index >= 15 is 0 Å². The molecule has 2 bridgehead atoms. The van der Waals surface area contributed by atoms with Gasteiger partial charge in [0.2, 0.25) is 5.91 Å². The summed E-state index contributed by atoms with van der Waals surface area (Å²) in [4.78, 5) is 40.3. The zero-order chi connectivity index (χ0) is 34.3. The maximum atomic E-state index is 14.6. The van der Waals surface area contributed by atoms with Gasteiger partial charge in [-0.1, -0.05) is 38.1 Å². The first-order chi connectivity index (χ1) is 23.6. The van der Waals surface area contributed by atoms with Gasteiger partial charge in [-0.2, -0.15) is 4.98 Å². The van der Waals surface area contributed by atoms with Crippen molar-refractivity contribution in [2.24, 2.45) is 17.3 Å². The summed E-state index contributed by atoms with van der Waals surface area (Å²) in [5.74, 6) is 3.30. The SMILES string of the molecule is COc1ccc(C23CCC(CN(C(=O)C4CCC(OC(=O)N5CC(C)C5)CC4)c4cc(-c5nc(C(C)C)no5)ccn4)(CC2)CC3)cc1C. The summed E-state index contributed by atoms with van der Waals surface area (Å²) in [6, 6.07) is 10.5. The fourth-order valence-corrected chi connectivity index (χ4v) is 8.75. The third-order valence-corrected chi connectivity index (χ3v) is 12.0. The number of anilines is 1. The van der Waals surface area contributed by atoms with Gasteiger partial charge in [-0.15, -0.1) is 0 Å². The number of methoxy groups -OCH3 is 1. The molecule has 10 nitrogen and oxygen atoms in total. The molecule has 8 rings (SSSR count). The number of amides is 2. The maximum absolute atomic E-state index is 14.6. The molecule has 5 aliphatic rings. The molecule has 0 radical (unpaired) electrons. The molecule has 1 aliphatic heterocycles. The summed E-state index contributed by atoms with van der Waals surface area (Å²) in [5, 5.41) is 4.16. The molecule has 0 spiro atoms. The molecule has 1 saturated heterocycles. The molecule has 5 fully saturated rings. The fraction of sp³-hybridized carbons (Fsp3) is 0.615. The van der Waals surface area contributed by atoms with Gasteiger partial charge in [-0.25, -0.2) is 9.78 Å². The van der Waals surface area contributed by atoms with E-state index in [1.807, 2.05) is 30.9 Å². The summed E-state index contributed by atoms with van der Waals surface area (Å²) in [6.07, 6.45) is 10.7. The van der Waals surface area contributed by atoms with E-state index in [0.717, 1.165) is 62.9 Å². The first kappa shape index (κ1) is 33.5. The van der Waals surface area contributed by atoms with E-state index in [4.69, 9.17) is 19.0 Å². The number of pyridine rings is 1. The highest BCUT2D eigenvalue weighted by molar-refractivity contribution is 5.94. The van der Waals surface area contributed by atoms with Gasteiger partial charge in [-0.05, 0) is 117 Å². The van der Waals surface area contributed by atoms with Crippen molar-refractivity contribution in [1.29, 1.82) is 0 Å². The van der Waals surface area contributed by atoms with Crippen molar-refractivity contribution in [2.45, 2.75) is 109 Å². The maximum Gasteiger partial charge on any atom is 0.410 e. The van der Waals surface area contributed by atoms with Gasteiger partial charge in [0.15, 0.2) is 5.82 Å². The van der Waals surface area contributed by atoms with Crippen molar-refractivity contribution in [1.82, 2.24) is 20.0 Å². The minimum Gasteiger partial charge on any atom is -0.496 e. The van der Waals surface area contributed by atoms with Crippen LogP contribution in [0.1, 0.15) is 108 Å². The Labute approximate surface area is 289 Å². The second-order valence-corrected chi connectivity index (χ2v) is 15.8. The molecule has 262 valence electrons. The summed E-state index contributed by atoms with van der Waals surface area (Å²) in [5.41, 5.74) is 3.58. The predicted molar refractivity (Wildman–Crippen MR) is 186 cm³/mol. The fourth-order valence-electron chi connectivity index (χ4n) is 8.75. The number of hydrogen-bond acceptors (Lipinski definition) is 8. The number of likely N-dealkylation sites (tertiary alicyclic amines) is 1. The van der Waals surface area contributed by atoms with Crippen LogP contribution < -0.4 is 9.64 Å². The van der Waals surface area contributed by atoms with Crippen LogP contribution in [-0.4, -0.2) is 64.9 Å². The van der Waals surface area contributed by atoms with Crippen LogP contribution in [0.25, 0.3) is 11.5 Å². The molecule has 2 amide bonds. The van der Waals surface area contributed by atoms with Crippen molar-refractivity contribution >= 4 is 17.8 Å². The first-order valence-electron chi connectivity index (χ1n) is 18.3. The Kier molecular flexibility index (Phi) is 9.17. The molecule has 0 N–H and O–H groups in total. The van der Waals surface area contributed by atoms with Crippen LogP contribution in [0.3, 0.4) is 0 Å². The molecule has 4 aliphatic carbocycles. The highest BCUT2D eigenvalue weighted by Gasteiger charge is 2.51. The second kappa shape index (κ2) is 13.4. The molecule has 49 heavy (non-hydrogen) atoms. The predicted octanol–water partition coefficient (Wildman–Crippen LogP) is 7.84. The minimum atomic E-state index is -0.216. The molecule has 3 heterocycles. The first-order valence-corrected chi connectivity index (χ1v) is 18.3. The van der Waals surface area contributed by atoms with Crippen LogP contribution in [-0.2, 0) is 14.9 Å². The molecule has 0 unspecified atom stereocenters. The lowest BCUT2D eigenvalue weighted by atomic mass is 9.51. The van der Waals surface area contributed by atoms with Crippen molar-refractivity contribution in [3.8, 4) is 17.2 Å². The lowest BCUT2D eigenvalue weighted by Crippen LogP contribution is -2.52. The van der Waals surface area contributed by atoms with Crippen LogP contribution in [0.2, 0.25) is 0 Å². The molecular weight excluding hydrogens is 618 g/mol. The van der Waals surface area contributed by atoms with Crippen LogP contribution in [0.5, 0.6) is 5.75 Å². The summed E-state index contributed by atoms with van der Waals surface area (Å²) < 4.78 is 17.0. The van der Waals surface area contributed by atoms with Gasteiger partial charge in [0.05, 0.1) is 7.11 Å². The summed E-state index contributed by atoms with van der Waals surface area (Å²) in [6.45, 7) is 10.5. The van der Waals surface area contributed by atoms with Gasteiger partial charge in [0, 0.05) is 43.2 Å². The highest BCUT2D eigenvalue weighted by atomic mass is 16.6. The standard InChI is InChI=1S/C39H51N5O5/c1-25(2)34-41-35(49-42-34)29-12-19-40-33(21-29)44(36(45)28-6-9-31(10-7-28)48-37(46)43-22-26(3)23-43)24-38-13-16-39(17-14-38,18-15-38)30-8-11-32(47-5)27(4)20-30/h8,11-12,19-21,25-26,28,31H,6-7,9-10,13-18,22-24H2,1-5H3. The largest absolute Gasteiger partial charge is 0.496 e. The number of aryl methyl sites for hydroxylation is 1. The van der Waals surface area contributed by atoms with Crippen molar-refractivity contribution in [3.63, 3.8) is 0 Å². The number of nitrogens with zero attached hydrogens (tertiary/aromatic N) is 5. The number of benzene rings is 1. The minimum absolute atomic E-state index is 0.0347. The van der Waals surface area contributed by atoms with Gasteiger partial charge in [-0.3, -0.25) is 9.69 Å². The van der Waals surface area contributed by atoms with E-state index in [1.54, 1.807) is 18.2 Å². The Bertz CT molecular complexity index is 1650. The lowest BCUT2D eigenvalue weighted by molar-refractivity contribution is -0.124.